The second kappa shape index (κ2) is 5.87. The Bertz CT molecular complexity index is 495. The Morgan fingerprint density at radius 1 is 1.47 bits per heavy atom. The third-order valence-electron chi connectivity index (χ3n) is 1.82. The van der Waals surface area contributed by atoms with Gasteiger partial charge in [-0.15, -0.1) is 0 Å². The summed E-state index contributed by atoms with van der Waals surface area (Å²) < 4.78 is 37.2. The van der Waals surface area contributed by atoms with Crippen LogP contribution in [0, 0.1) is 0 Å². The number of imide groups is 1. The van der Waals surface area contributed by atoms with Crippen LogP contribution in [0.1, 0.15) is 12.6 Å². The Balaban J connectivity index is 2.77. The van der Waals surface area contributed by atoms with Gasteiger partial charge in [-0.25, -0.2) is 14.8 Å². The largest absolute Gasteiger partial charge is 0.433 e. The molecular weight excluding hydrogens is 285 g/mol. The van der Waals surface area contributed by atoms with Gasteiger partial charge in [0.2, 0.25) is 5.91 Å². The molecule has 0 bridgehead atoms. The van der Waals surface area contributed by atoms with Crippen LogP contribution < -0.4 is 11.1 Å². The number of amides is 3. The highest BCUT2D eigenvalue weighted by atomic mass is 32.2. The van der Waals surface area contributed by atoms with Crippen LogP contribution in [0.2, 0.25) is 0 Å². The summed E-state index contributed by atoms with van der Waals surface area (Å²) in [5.74, 6) is -0.737. The summed E-state index contributed by atoms with van der Waals surface area (Å²) >= 11 is 0.682. The van der Waals surface area contributed by atoms with Crippen molar-refractivity contribution in [2.75, 3.05) is 0 Å². The molecule has 0 aliphatic rings. The van der Waals surface area contributed by atoms with Crippen LogP contribution >= 0.6 is 11.8 Å². The maximum absolute atomic E-state index is 12.4. The number of carbonyl (C=O) groups is 2. The molecule has 0 spiro atoms. The van der Waals surface area contributed by atoms with Gasteiger partial charge in [-0.05, 0) is 13.0 Å². The normalized spacial score (nSPS) is 12.8. The van der Waals surface area contributed by atoms with E-state index < -0.39 is 29.1 Å². The molecule has 1 atom stereocenters. The Morgan fingerprint density at radius 3 is 2.63 bits per heavy atom. The van der Waals surface area contributed by atoms with E-state index in [1.54, 1.807) is 0 Å². The minimum Gasteiger partial charge on any atom is -0.351 e. The molecule has 104 valence electrons. The standard InChI is InChI=1S/C9H9F3N4O2S/c1-4(6(17)16-7(13)18)19-8-14-3-2-5(15-8)9(10,11)12/h2-4H,1H3,(H3,13,16,17,18). The van der Waals surface area contributed by atoms with Crippen molar-refractivity contribution >= 4 is 23.7 Å². The molecule has 0 saturated carbocycles. The van der Waals surface area contributed by atoms with Crippen molar-refractivity contribution in [3.8, 4) is 0 Å². The lowest BCUT2D eigenvalue weighted by molar-refractivity contribution is -0.141. The first kappa shape index (κ1) is 15.2. The first-order valence-electron chi connectivity index (χ1n) is 4.87. The zero-order valence-electron chi connectivity index (χ0n) is 9.56. The van der Waals surface area contributed by atoms with E-state index in [4.69, 9.17) is 5.73 Å². The minimum atomic E-state index is -4.59. The summed E-state index contributed by atoms with van der Waals surface area (Å²) in [7, 11) is 0. The Labute approximate surface area is 110 Å². The van der Waals surface area contributed by atoms with Crippen molar-refractivity contribution in [1.82, 2.24) is 15.3 Å². The van der Waals surface area contributed by atoms with Gasteiger partial charge in [0.1, 0.15) is 5.69 Å². The highest BCUT2D eigenvalue weighted by molar-refractivity contribution is 8.00. The van der Waals surface area contributed by atoms with Crippen molar-refractivity contribution < 1.29 is 22.8 Å². The molecular formula is C9H9F3N4O2S. The molecule has 1 heterocycles. The van der Waals surface area contributed by atoms with Crippen LogP contribution in [-0.2, 0) is 11.0 Å². The number of alkyl halides is 3. The smallest absolute Gasteiger partial charge is 0.351 e. The molecule has 0 aliphatic carbocycles. The van der Waals surface area contributed by atoms with E-state index in [0.717, 1.165) is 12.3 Å². The Hall–Kier alpha value is -1.84. The molecule has 0 aromatic carbocycles. The molecule has 6 nitrogen and oxygen atoms in total. The average molecular weight is 294 g/mol. The first-order chi connectivity index (χ1) is 8.70. The van der Waals surface area contributed by atoms with Gasteiger partial charge in [0.25, 0.3) is 0 Å². The minimum absolute atomic E-state index is 0.220. The van der Waals surface area contributed by atoms with Crippen molar-refractivity contribution in [3.05, 3.63) is 18.0 Å². The summed E-state index contributed by atoms with van der Waals surface area (Å²) in [6.45, 7) is 1.38. The van der Waals surface area contributed by atoms with E-state index in [0.29, 0.717) is 11.8 Å². The maximum atomic E-state index is 12.4. The molecule has 3 amide bonds. The summed E-state index contributed by atoms with van der Waals surface area (Å²) in [5.41, 5.74) is 3.64. The van der Waals surface area contributed by atoms with E-state index in [9.17, 15) is 22.8 Å². The molecule has 0 radical (unpaired) electrons. The number of nitrogens with two attached hydrogens (primary N) is 1. The van der Waals surface area contributed by atoms with Crippen LogP contribution in [-0.4, -0.2) is 27.2 Å². The molecule has 19 heavy (non-hydrogen) atoms. The third-order valence-corrected chi connectivity index (χ3v) is 2.80. The molecule has 3 N–H and O–H groups in total. The van der Waals surface area contributed by atoms with Crippen LogP contribution in [0.25, 0.3) is 0 Å². The molecule has 10 heteroatoms. The Morgan fingerprint density at radius 2 is 2.11 bits per heavy atom. The quantitative estimate of drug-likeness (QED) is 0.644. The van der Waals surface area contributed by atoms with Gasteiger partial charge in [-0.2, -0.15) is 13.2 Å². The second-order valence-electron chi connectivity index (χ2n) is 3.34. The molecule has 1 aromatic heterocycles. The van der Waals surface area contributed by atoms with Crippen LogP contribution in [0.15, 0.2) is 17.4 Å². The van der Waals surface area contributed by atoms with E-state index in [-0.39, 0.29) is 5.16 Å². The predicted molar refractivity (Wildman–Crippen MR) is 60.1 cm³/mol. The number of hydrogen-bond donors (Lipinski definition) is 2. The van der Waals surface area contributed by atoms with Crippen molar-refractivity contribution in [2.24, 2.45) is 5.73 Å². The third kappa shape index (κ3) is 4.73. The fourth-order valence-electron chi connectivity index (χ4n) is 0.990. The first-order valence-corrected chi connectivity index (χ1v) is 5.75. The van der Waals surface area contributed by atoms with Gasteiger partial charge in [-0.1, -0.05) is 11.8 Å². The Kier molecular flexibility index (Phi) is 4.70. The van der Waals surface area contributed by atoms with Gasteiger partial charge in [-0.3, -0.25) is 10.1 Å². The van der Waals surface area contributed by atoms with Gasteiger partial charge in [0.15, 0.2) is 5.16 Å². The molecule has 0 saturated heterocycles. The number of carbonyl (C=O) groups excluding carboxylic acids is 2. The van der Waals surface area contributed by atoms with Crippen LogP contribution in [0.3, 0.4) is 0 Å². The lowest BCUT2D eigenvalue weighted by Crippen LogP contribution is -2.39. The zero-order chi connectivity index (χ0) is 14.6. The highest BCUT2D eigenvalue weighted by Gasteiger charge is 2.33. The molecule has 1 aromatic rings. The van der Waals surface area contributed by atoms with Gasteiger partial charge >= 0.3 is 12.2 Å². The second-order valence-corrected chi connectivity index (χ2v) is 4.64. The topological polar surface area (TPSA) is 98.0 Å². The fraction of sp³-hybridized carbons (Fsp3) is 0.333. The number of nitrogens with zero attached hydrogens (tertiary/aromatic N) is 2. The number of urea groups is 1. The summed E-state index contributed by atoms with van der Waals surface area (Å²) in [4.78, 5) is 28.7. The zero-order valence-corrected chi connectivity index (χ0v) is 10.4. The monoisotopic (exact) mass is 294 g/mol. The maximum Gasteiger partial charge on any atom is 0.433 e. The number of primary amides is 1. The van der Waals surface area contributed by atoms with E-state index in [1.165, 1.54) is 6.92 Å². The predicted octanol–water partition coefficient (Wildman–Crippen LogP) is 1.17. The number of thioether (sulfide) groups is 1. The summed E-state index contributed by atoms with van der Waals surface area (Å²) in [5, 5.41) is 0.724. The lowest BCUT2D eigenvalue weighted by Gasteiger charge is -2.10. The van der Waals surface area contributed by atoms with Gasteiger partial charge in [0, 0.05) is 6.20 Å². The number of halogens is 3. The van der Waals surface area contributed by atoms with E-state index in [2.05, 4.69) is 9.97 Å². The summed E-state index contributed by atoms with van der Waals surface area (Å²) in [6, 6.07) is -0.319. The number of hydrogen-bond acceptors (Lipinski definition) is 5. The van der Waals surface area contributed by atoms with Gasteiger partial charge in [0.05, 0.1) is 5.25 Å². The fourth-order valence-corrected chi connectivity index (χ4v) is 1.75. The average Bonchev–Trinajstić information content (AvgIpc) is 2.27. The summed E-state index contributed by atoms with van der Waals surface area (Å²) in [6.07, 6.45) is -3.65. The van der Waals surface area contributed by atoms with Crippen molar-refractivity contribution in [3.63, 3.8) is 0 Å². The molecule has 0 fully saturated rings. The van der Waals surface area contributed by atoms with Crippen LogP contribution in [0.5, 0.6) is 0 Å². The SMILES string of the molecule is CC(Sc1nccc(C(F)(F)F)n1)C(=O)NC(N)=O. The van der Waals surface area contributed by atoms with Crippen molar-refractivity contribution in [1.29, 1.82) is 0 Å². The van der Waals surface area contributed by atoms with E-state index in [1.807, 2.05) is 5.32 Å². The van der Waals surface area contributed by atoms with E-state index >= 15 is 0 Å². The van der Waals surface area contributed by atoms with Crippen LogP contribution in [0.4, 0.5) is 18.0 Å². The molecule has 1 rings (SSSR count). The van der Waals surface area contributed by atoms with Crippen molar-refractivity contribution in [2.45, 2.75) is 23.5 Å². The molecule has 0 aliphatic heterocycles. The number of aromatic nitrogens is 2. The lowest BCUT2D eigenvalue weighted by atomic mass is 10.4. The molecule has 1 unspecified atom stereocenters. The highest BCUT2D eigenvalue weighted by Crippen LogP contribution is 2.29. The van der Waals surface area contributed by atoms with Gasteiger partial charge < -0.3 is 5.73 Å². The number of rotatable bonds is 3. The number of nitrogens with one attached hydrogen (secondary N) is 1.